The van der Waals surface area contributed by atoms with E-state index >= 15 is 0 Å². The topological polar surface area (TPSA) is 83.2 Å². The van der Waals surface area contributed by atoms with Crippen molar-refractivity contribution in [2.75, 3.05) is 33.3 Å². The van der Waals surface area contributed by atoms with Crippen molar-refractivity contribution >= 4 is 6.09 Å². The van der Waals surface area contributed by atoms with Crippen molar-refractivity contribution in [3.05, 3.63) is 34.4 Å². The number of hydrogen-bond donors (Lipinski definition) is 1. The molecule has 1 saturated heterocycles. The van der Waals surface area contributed by atoms with Gasteiger partial charge in [0.05, 0.1) is 11.9 Å². The zero-order valence-electron chi connectivity index (χ0n) is 24.2. The number of aliphatic hydroxyl groups is 1. The molecule has 8 atom stereocenters. The average molecular weight is 541 g/mol. The summed E-state index contributed by atoms with van der Waals surface area (Å²) >= 11 is 0. The lowest BCUT2D eigenvalue weighted by Crippen LogP contribution is -2.62. The molecule has 1 amide bonds. The molecule has 0 spiro atoms. The molecule has 1 aromatic heterocycles. The van der Waals surface area contributed by atoms with Crippen molar-refractivity contribution in [1.82, 2.24) is 9.80 Å². The molecule has 4 saturated carbocycles. The first-order valence-electron chi connectivity index (χ1n) is 15.6. The van der Waals surface area contributed by atoms with Crippen LogP contribution < -0.4 is 5.63 Å². The number of likely N-dealkylation sites (tertiary alicyclic amines) is 1. The molecular formula is C32H48N2O5. The first-order valence-corrected chi connectivity index (χ1v) is 15.6. The molecule has 0 radical (unpaired) electrons. The van der Waals surface area contributed by atoms with Gasteiger partial charge in [-0.3, -0.25) is 4.90 Å². The maximum Gasteiger partial charge on any atom is 0.409 e. The Kier molecular flexibility index (Phi) is 7.15. The molecular weight excluding hydrogens is 492 g/mol. The molecule has 0 unspecified atom stereocenters. The van der Waals surface area contributed by atoms with Crippen LogP contribution in [-0.4, -0.2) is 65.9 Å². The van der Waals surface area contributed by atoms with E-state index in [-0.39, 0.29) is 34.5 Å². The van der Waals surface area contributed by atoms with E-state index in [0.717, 1.165) is 83.0 Å². The van der Waals surface area contributed by atoms with Crippen molar-refractivity contribution in [2.24, 2.45) is 28.6 Å². The van der Waals surface area contributed by atoms with E-state index in [4.69, 9.17) is 9.15 Å². The second-order valence-corrected chi connectivity index (χ2v) is 14.1. The van der Waals surface area contributed by atoms with Crippen LogP contribution in [0.4, 0.5) is 4.79 Å². The number of nitrogens with zero attached hydrogens (tertiary/aromatic N) is 2. The van der Waals surface area contributed by atoms with E-state index in [1.54, 1.807) is 6.26 Å². The number of carbonyl (C=O) groups excluding carboxylic acids is 1. The quantitative estimate of drug-likeness (QED) is 0.538. The van der Waals surface area contributed by atoms with Gasteiger partial charge >= 0.3 is 11.7 Å². The van der Waals surface area contributed by atoms with Crippen LogP contribution in [0.2, 0.25) is 0 Å². The minimum Gasteiger partial charge on any atom is -0.448 e. The highest BCUT2D eigenvalue weighted by atomic mass is 16.6. The van der Waals surface area contributed by atoms with E-state index in [2.05, 4.69) is 18.7 Å². The van der Waals surface area contributed by atoms with Gasteiger partial charge in [0.25, 0.3) is 0 Å². The smallest absolute Gasteiger partial charge is 0.409 e. The Morgan fingerprint density at radius 3 is 2.62 bits per heavy atom. The Bertz CT molecular complexity index is 1100. The van der Waals surface area contributed by atoms with Crippen molar-refractivity contribution in [2.45, 2.75) is 102 Å². The zero-order chi connectivity index (χ0) is 27.4. The summed E-state index contributed by atoms with van der Waals surface area (Å²) in [7, 11) is 1.93. The van der Waals surface area contributed by atoms with Crippen molar-refractivity contribution in [1.29, 1.82) is 0 Å². The molecule has 0 bridgehead atoms. The number of hydrogen-bond acceptors (Lipinski definition) is 6. The summed E-state index contributed by atoms with van der Waals surface area (Å²) in [5.74, 6) is 1.62. The molecule has 1 aliphatic heterocycles. The number of amides is 1. The average Bonchev–Trinajstić information content (AvgIpc) is 3.54. The zero-order valence-corrected chi connectivity index (χ0v) is 24.2. The summed E-state index contributed by atoms with van der Waals surface area (Å²) in [5.41, 5.74) is 0.0607. The van der Waals surface area contributed by atoms with Gasteiger partial charge in [0.15, 0.2) is 0 Å². The Labute approximate surface area is 233 Å². The highest BCUT2D eigenvalue weighted by Crippen LogP contribution is 2.70. The summed E-state index contributed by atoms with van der Waals surface area (Å²) in [6, 6.07) is 3.67. The van der Waals surface area contributed by atoms with E-state index in [9.17, 15) is 14.7 Å². The Hall–Kier alpha value is -1.86. The SMILES string of the molecule is CN(C(=O)OCCN1CCCC1)[C@H]1CC[C@@]2(C)[C@H](CC[C@@H]3[C@@H]2CC[C@]2(C)[C@@H](c4ccc(=O)oc4)CC[C@]32O)C1. The lowest BCUT2D eigenvalue weighted by Gasteiger charge is -2.64. The van der Waals surface area contributed by atoms with Gasteiger partial charge in [0.1, 0.15) is 6.61 Å². The Morgan fingerprint density at radius 2 is 1.87 bits per heavy atom. The van der Waals surface area contributed by atoms with Crippen LogP contribution in [-0.2, 0) is 4.74 Å². The number of ether oxygens (including phenoxy) is 1. The Balaban J connectivity index is 1.11. The van der Waals surface area contributed by atoms with Gasteiger partial charge in [0, 0.05) is 31.1 Å². The largest absolute Gasteiger partial charge is 0.448 e. The Morgan fingerprint density at radius 1 is 1.08 bits per heavy atom. The van der Waals surface area contributed by atoms with E-state index in [1.165, 1.54) is 18.9 Å². The third-order valence-electron chi connectivity index (χ3n) is 12.6. The predicted octanol–water partition coefficient (Wildman–Crippen LogP) is 5.41. The maximum atomic E-state index is 12.9. The van der Waals surface area contributed by atoms with Gasteiger partial charge in [-0.2, -0.15) is 0 Å². The molecule has 1 aromatic rings. The molecule has 1 N–H and O–H groups in total. The number of carbonyl (C=O) groups is 1. The first kappa shape index (κ1) is 27.3. The van der Waals surface area contributed by atoms with Crippen molar-refractivity contribution < 1.29 is 19.1 Å². The van der Waals surface area contributed by atoms with Crippen LogP contribution in [0.5, 0.6) is 0 Å². The molecule has 5 aliphatic rings. The molecule has 2 heterocycles. The van der Waals surface area contributed by atoms with Crippen LogP contribution in [0.25, 0.3) is 0 Å². The van der Waals surface area contributed by atoms with Gasteiger partial charge in [-0.05, 0) is 124 Å². The monoisotopic (exact) mass is 540 g/mol. The number of rotatable bonds is 5. The third-order valence-corrected chi connectivity index (χ3v) is 12.6. The molecule has 7 heteroatoms. The first-order chi connectivity index (χ1) is 18.7. The molecule has 6 rings (SSSR count). The van der Waals surface area contributed by atoms with Crippen LogP contribution >= 0.6 is 0 Å². The second kappa shape index (κ2) is 10.2. The summed E-state index contributed by atoms with van der Waals surface area (Å²) in [6.45, 7) is 8.35. The summed E-state index contributed by atoms with van der Waals surface area (Å²) < 4.78 is 10.9. The summed E-state index contributed by atoms with van der Waals surface area (Å²) in [6.07, 6.45) is 13.2. The third kappa shape index (κ3) is 4.46. The van der Waals surface area contributed by atoms with Crippen molar-refractivity contribution in [3.63, 3.8) is 0 Å². The normalized spacial score (nSPS) is 41.9. The minimum atomic E-state index is -0.683. The van der Waals surface area contributed by atoms with Crippen LogP contribution in [0.15, 0.2) is 27.6 Å². The molecule has 216 valence electrons. The molecule has 0 aromatic carbocycles. The van der Waals surface area contributed by atoms with Gasteiger partial charge in [-0.15, -0.1) is 0 Å². The van der Waals surface area contributed by atoms with Gasteiger partial charge < -0.3 is 19.2 Å². The lowest BCUT2D eigenvalue weighted by atomic mass is 9.43. The van der Waals surface area contributed by atoms with E-state index < -0.39 is 5.60 Å². The molecule has 39 heavy (non-hydrogen) atoms. The minimum absolute atomic E-state index is 0.173. The number of fused-ring (bicyclic) bond motifs is 5. The lowest BCUT2D eigenvalue weighted by molar-refractivity contribution is -0.203. The van der Waals surface area contributed by atoms with Gasteiger partial charge in [0.2, 0.25) is 0 Å². The standard InChI is InChI=1S/C32H48N2O5/c1-30-13-10-24(33(3)29(36)38-19-18-34-16-4-5-17-34)20-23(30)7-8-27-26(30)11-14-31(2)25(12-15-32(27,31)37)22-6-9-28(35)39-21-22/h6,9,21,23-27,37H,4-5,7-8,10-20H2,1-3H3/t23-,24+,25-,26+,27-,30+,31-,32+/m1/s1. The van der Waals surface area contributed by atoms with Crippen LogP contribution in [0, 0.1) is 28.6 Å². The highest BCUT2D eigenvalue weighted by Gasteiger charge is 2.67. The van der Waals surface area contributed by atoms with Gasteiger partial charge in [-0.25, -0.2) is 9.59 Å². The summed E-state index contributed by atoms with van der Waals surface area (Å²) in [5, 5.41) is 12.5. The fourth-order valence-electron chi connectivity index (χ4n) is 10.2. The van der Waals surface area contributed by atoms with Crippen LogP contribution in [0.1, 0.15) is 96.0 Å². The maximum absolute atomic E-state index is 12.9. The van der Waals surface area contributed by atoms with E-state index in [0.29, 0.717) is 24.4 Å². The van der Waals surface area contributed by atoms with Crippen LogP contribution in [0.3, 0.4) is 0 Å². The fraction of sp³-hybridized carbons (Fsp3) is 0.812. The molecule has 5 fully saturated rings. The van der Waals surface area contributed by atoms with Gasteiger partial charge in [-0.1, -0.05) is 13.8 Å². The van der Waals surface area contributed by atoms with Crippen molar-refractivity contribution in [3.8, 4) is 0 Å². The second-order valence-electron chi connectivity index (χ2n) is 14.1. The van der Waals surface area contributed by atoms with E-state index in [1.807, 2.05) is 18.0 Å². The predicted molar refractivity (Wildman–Crippen MR) is 149 cm³/mol. The summed E-state index contributed by atoms with van der Waals surface area (Å²) in [4.78, 5) is 28.7. The molecule has 7 nitrogen and oxygen atoms in total. The fourth-order valence-corrected chi connectivity index (χ4v) is 10.2. The highest BCUT2D eigenvalue weighted by molar-refractivity contribution is 5.67. The molecule has 4 aliphatic carbocycles.